The summed E-state index contributed by atoms with van der Waals surface area (Å²) >= 11 is 0. The molecule has 3 nitrogen and oxygen atoms in total. The van der Waals surface area contributed by atoms with Crippen LogP contribution in [0.3, 0.4) is 0 Å². The molecule has 0 atom stereocenters. The molecule has 0 aliphatic heterocycles. The third-order valence-electron chi connectivity index (χ3n) is 4.85. The van der Waals surface area contributed by atoms with Gasteiger partial charge in [0.2, 0.25) is 0 Å². The van der Waals surface area contributed by atoms with E-state index in [1.54, 1.807) is 0 Å². The smallest absolute Gasteiger partial charge is 0.0880 e. The lowest BCUT2D eigenvalue weighted by molar-refractivity contribution is 0.0579. The molecule has 1 heterocycles. The van der Waals surface area contributed by atoms with Gasteiger partial charge < -0.3 is 0 Å². The summed E-state index contributed by atoms with van der Waals surface area (Å²) in [6.45, 7) is 23.8. The van der Waals surface area contributed by atoms with Crippen LogP contribution in [0.1, 0.15) is 81.4 Å². The van der Waals surface area contributed by atoms with E-state index in [2.05, 4.69) is 85.7 Å². The number of hydrogen-bond acceptors (Lipinski definition) is 2. The Kier molecular flexibility index (Phi) is 4.68. The Balaban J connectivity index is 2.84. The van der Waals surface area contributed by atoms with Crippen molar-refractivity contribution < 1.29 is 0 Å². The lowest BCUT2D eigenvalue weighted by atomic mass is 9.62. The molecule has 21 heavy (non-hydrogen) atoms. The topological polar surface area (TPSA) is 30.7 Å². The van der Waals surface area contributed by atoms with Crippen LogP contribution in [0.25, 0.3) is 0 Å². The van der Waals surface area contributed by atoms with Gasteiger partial charge in [0.25, 0.3) is 0 Å². The van der Waals surface area contributed by atoms with Crippen molar-refractivity contribution in [2.75, 3.05) is 0 Å². The highest BCUT2D eigenvalue weighted by Crippen LogP contribution is 2.46. The molecular weight excluding hydrogens is 258 g/mol. The second kappa shape index (κ2) is 5.40. The highest BCUT2D eigenvalue weighted by molar-refractivity contribution is 5.06. The fourth-order valence-electron chi connectivity index (χ4n) is 2.68. The Hall–Kier alpha value is -0.860. The van der Waals surface area contributed by atoms with Crippen LogP contribution < -0.4 is 0 Å². The molecule has 0 bridgehead atoms. The Morgan fingerprint density at radius 2 is 1.43 bits per heavy atom. The molecule has 0 N–H and O–H groups in total. The van der Waals surface area contributed by atoms with Gasteiger partial charge in [-0.1, -0.05) is 74.5 Å². The van der Waals surface area contributed by atoms with Crippen LogP contribution in [-0.2, 0) is 12.0 Å². The summed E-state index contributed by atoms with van der Waals surface area (Å²) in [7, 11) is 0. The van der Waals surface area contributed by atoms with E-state index in [0.29, 0.717) is 5.41 Å². The maximum absolute atomic E-state index is 4.33. The predicted octanol–water partition coefficient (Wildman–Crippen LogP) is 5.06. The van der Waals surface area contributed by atoms with Crippen molar-refractivity contribution in [2.45, 2.75) is 87.6 Å². The van der Waals surface area contributed by atoms with E-state index >= 15 is 0 Å². The third kappa shape index (κ3) is 4.82. The van der Waals surface area contributed by atoms with Gasteiger partial charge in [-0.3, -0.25) is 4.68 Å². The molecule has 1 aromatic heterocycles. The zero-order valence-corrected chi connectivity index (χ0v) is 15.8. The van der Waals surface area contributed by atoms with Crippen molar-refractivity contribution in [2.24, 2.45) is 16.2 Å². The van der Waals surface area contributed by atoms with Gasteiger partial charge in [0, 0.05) is 18.2 Å². The number of rotatable bonds is 4. The van der Waals surface area contributed by atoms with Crippen LogP contribution in [0.5, 0.6) is 0 Å². The molecular formula is C18H35N3. The van der Waals surface area contributed by atoms with Crippen molar-refractivity contribution in [1.29, 1.82) is 0 Å². The Morgan fingerprint density at radius 3 is 1.81 bits per heavy atom. The van der Waals surface area contributed by atoms with Crippen LogP contribution in [0, 0.1) is 16.2 Å². The van der Waals surface area contributed by atoms with E-state index < -0.39 is 0 Å². The molecule has 0 saturated carbocycles. The fraction of sp³-hybridized carbons (Fsp3) is 0.889. The first-order valence-electron chi connectivity index (χ1n) is 8.05. The summed E-state index contributed by atoms with van der Waals surface area (Å²) in [6.07, 6.45) is 3.26. The standard InChI is InChI=1S/C18H35N3/c1-15(2,3)14-11-21(20-19-14)13-17(7,8)12-18(9,10)16(4,5)6/h11H,12-13H2,1-10H3. The first-order chi connectivity index (χ1) is 9.14. The summed E-state index contributed by atoms with van der Waals surface area (Å²) in [5, 5.41) is 8.66. The lowest BCUT2D eigenvalue weighted by Gasteiger charge is -2.44. The van der Waals surface area contributed by atoms with E-state index in [9.17, 15) is 0 Å². The quantitative estimate of drug-likeness (QED) is 0.776. The van der Waals surface area contributed by atoms with Crippen molar-refractivity contribution in [3.63, 3.8) is 0 Å². The molecule has 1 rings (SSSR count). The minimum absolute atomic E-state index is 0.0626. The Bertz CT molecular complexity index is 467. The van der Waals surface area contributed by atoms with Gasteiger partial charge in [-0.15, -0.1) is 5.10 Å². The second-order valence-electron chi connectivity index (χ2n) is 10.0. The van der Waals surface area contributed by atoms with Crippen molar-refractivity contribution in [3.8, 4) is 0 Å². The average Bonchev–Trinajstić information content (AvgIpc) is 2.60. The molecule has 1 aromatic rings. The highest BCUT2D eigenvalue weighted by atomic mass is 15.4. The van der Waals surface area contributed by atoms with E-state index in [0.717, 1.165) is 18.7 Å². The zero-order valence-electron chi connectivity index (χ0n) is 15.8. The van der Waals surface area contributed by atoms with Crippen LogP contribution in [0.4, 0.5) is 0 Å². The highest BCUT2D eigenvalue weighted by Gasteiger charge is 2.38. The number of aromatic nitrogens is 3. The van der Waals surface area contributed by atoms with Crippen LogP contribution >= 0.6 is 0 Å². The maximum atomic E-state index is 4.33. The predicted molar refractivity (Wildman–Crippen MR) is 90.4 cm³/mol. The fourth-order valence-corrected chi connectivity index (χ4v) is 2.68. The normalized spacial score (nSPS) is 14.6. The second-order valence-corrected chi connectivity index (χ2v) is 10.0. The summed E-state index contributed by atoms with van der Waals surface area (Å²) < 4.78 is 2.01. The molecule has 0 aliphatic carbocycles. The third-order valence-corrected chi connectivity index (χ3v) is 4.85. The van der Waals surface area contributed by atoms with Crippen LogP contribution in [0.2, 0.25) is 0 Å². The van der Waals surface area contributed by atoms with Gasteiger partial charge in [0.05, 0.1) is 5.69 Å². The summed E-state index contributed by atoms with van der Waals surface area (Å²) in [5.74, 6) is 0. The molecule has 3 heteroatoms. The Labute approximate surface area is 131 Å². The molecule has 0 aliphatic rings. The van der Waals surface area contributed by atoms with E-state index in [1.165, 1.54) is 0 Å². The molecule has 122 valence electrons. The Morgan fingerprint density at radius 1 is 0.905 bits per heavy atom. The van der Waals surface area contributed by atoms with Crippen LogP contribution in [-0.4, -0.2) is 15.0 Å². The SMILES string of the molecule is CC(C)(Cn1cc(C(C)(C)C)nn1)CC(C)(C)C(C)(C)C. The number of nitrogens with zero attached hydrogens (tertiary/aromatic N) is 3. The van der Waals surface area contributed by atoms with Gasteiger partial charge in [-0.05, 0) is 22.7 Å². The monoisotopic (exact) mass is 293 g/mol. The average molecular weight is 293 g/mol. The first-order valence-corrected chi connectivity index (χ1v) is 8.05. The van der Waals surface area contributed by atoms with Gasteiger partial charge >= 0.3 is 0 Å². The van der Waals surface area contributed by atoms with Crippen molar-refractivity contribution in [3.05, 3.63) is 11.9 Å². The van der Waals surface area contributed by atoms with Gasteiger partial charge in [-0.25, -0.2) is 0 Å². The van der Waals surface area contributed by atoms with Crippen molar-refractivity contribution in [1.82, 2.24) is 15.0 Å². The molecule has 0 radical (unpaired) electrons. The zero-order chi connectivity index (χ0) is 16.7. The molecule has 0 fully saturated rings. The van der Waals surface area contributed by atoms with E-state index in [1.807, 2.05) is 4.68 Å². The van der Waals surface area contributed by atoms with Gasteiger partial charge in [-0.2, -0.15) is 0 Å². The molecule has 0 aromatic carbocycles. The molecule has 0 amide bonds. The lowest BCUT2D eigenvalue weighted by Crippen LogP contribution is -2.36. The summed E-state index contributed by atoms with van der Waals surface area (Å²) in [4.78, 5) is 0. The van der Waals surface area contributed by atoms with E-state index in [4.69, 9.17) is 0 Å². The van der Waals surface area contributed by atoms with Crippen LogP contribution in [0.15, 0.2) is 6.20 Å². The van der Waals surface area contributed by atoms with Gasteiger partial charge in [0.1, 0.15) is 0 Å². The number of hydrogen-bond donors (Lipinski definition) is 0. The van der Waals surface area contributed by atoms with E-state index in [-0.39, 0.29) is 16.2 Å². The molecule has 0 spiro atoms. The molecule has 0 saturated heterocycles. The first kappa shape index (κ1) is 18.2. The maximum Gasteiger partial charge on any atom is 0.0880 e. The minimum Gasteiger partial charge on any atom is -0.252 e. The summed E-state index contributed by atoms with van der Waals surface area (Å²) in [5.41, 5.74) is 1.90. The largest absolute Gasteiger partial charge is 0.252 e. The minimum atomic E-state index is 0.0626. The van der Waals surface area contributed by atoms with Crippen molar-refractivity contribution >= 4 is 0 Å². The summed E-state index contributed by atoms with van der Waals surface area (Å²) in [6, 6.07) is 0. The molecule has 0 unspecified atom stereocenters. The van der Waals surface area contributed by atoms with Gasteiger partial charge in [0.15, 0.2) is 0 Å².